The van der Waals surface area contributed by atoms with E-state index in [4.69, 9.17) is 0 Å². The average molecular weight is 398 g/mol. The van der Waals surface area contributed by atoms with Crippen LogP contribution in [0, 0.1) is 13.8 Å². The lowest BCUT2D eigenvalue weighted by atomic mass is 9.94. The number of ketones is 1. The highest BCUT2D eigenvalue weighted by atomic mass is 32.1. The van der Waals surface area contributed by atoms with Crippen molar-refractivity contribution in [1.29, 1.82) is 0 Å². The lowest BCUT2D eigenvalue weighted by Gasteiger charge is -2.32. The molecule has 2 aromatic rings. The van der Waals surface area contributed by atoms with Crippen LogP contribution in [0.5, 0.6) is 5.75 Å². The molecule has 2 N–H and O–H groups in total. The Morgan fingerprint density at radius 2 is 1.79 bits per heavy atom. The number of rotatable bonds is 4. The highest BCUT2D eigenvalue weighted by molar-refractivity contribution is 7.14. The van der Waals surface area contributed by atoms with Gasteiger partial charge in [0.15, 0.2) is 5.76 Å². The van der Waals surface area contributed by atoms with Crippen LogP contribution in [0.15, 0.2) is 35.6 Å². The van der Waals surface area contributed by atoms with Gasteiger partial charge < -0.3 is 15.1 Å². The maximum atomic E-state index is 13.4. The van der Waals surface area contributed by atoms with E-state index in [0.29, 0.717) is 16.1 Å². The third-order valence-electron chi connectivity index (χ3n) is 5.53. The molecule has 0 spiro atoms. The second kappa shape index (κ2) is 7.05. The number of thiazole rings is 1. The van der Waals surface area contributed by atoms with Crippen LogP contribution in [-0.2, 0) is 4.79 Å². The lowest BCUT2D eigenvalue weighted by molar-refractivity contribution is -0.131. The van der Waals surface area contributed by atoms with Crippen molar-refractivity contribution >= 4 is 23.0 Å². The number of carbonyl (C=O) groups excluding carboxylic acids is 2. The van der Waals surface area contributed by atoms with E-state index < -0.39 is 17.7 Å². The number of aromatic hydroxyl groups is 1. The molecule has 1 saturated carbocycles. The van der Waals surface area contributed by atoms with Gasteiger partial charge in [0.2, 0.25) is 5.78 Å². The number of carbonyl (C=O) groups is 2. The smallest absolute Gasteiger partial charge is 0.290 e. The Balaban J connectivity index is 1.83. The van der Waals surface area contributed by atoms with Crippen LogP contribution in [0.1, 0.15) is 57.7 Å². The Hall–Kier alpha value is -2.67. The molecule has 1 unspecified atom stereocenters. The van der Waals surface area contributed by atoms with Gasteiger partial charge in [-0.1, -0.05) is 25.0 Å². The van der Waals surface area contributed by atoms with Gasteiger partial charge in [0.1, 0.15) is 5.75 Å². The number of aryl methyl sites for hydroxylation is 2. The summed E-state index contributed by atoms with van der Waals surface area (Å²) in [6, 6.07) is 5.80. The van der Waals surface area contributed by atoms with Gasteiger partial charge in [-0.25, -0.2) is 4.98 Å². The maximum Gasteiger partial charge on any atom is 0.290 e. The van der Waals surface area contributed by atoms with E-state index in [0.717, 1.165) is 30.7 Å². The van der Waals surface area contributed by atoms with Crippen molar-refractivity contribution in [3.63, 3.8) is 0 Å². The zero-order valence-electron chi connectivity index (χ0n) is 15.8. The molecule has 2 aliphatic rings. The second-order valence-corrected chi connectivity index (χ2v) is 8.59. The van der Waals surface area contributed by atoms with Crippen LogP contribution in [0.3, 0.4) is 0 Å². The van der Waals surface area contributed by atoms with E-state index in [1.54, 1.807) is 24.0 Å². The van der Waals surface area contributed by atoms with Gasteiger partial charge in [0, 0.05) is 6.04 Å². The first-order chi connectivity index (χ1) is 13.4. The Morgan fingerprint density at radius 3 is 2.36 bits per heavy atom. The van der Waals surface area contributed by atoms with E-state index in [-0.39, 0.29) is 23.1 Å². The molecule has 4 rings (SSSR count). The molecule has 7 heteroatoms. The molecule has 1 aromatic heterocycles. The summed E-state index contributed by atoms with van der Waals surface area (Å²) in [4.78, 5) is 32.8. The summed E-state index contributed by atoms with van der Waals surface area (Å²) in [6.45, 7) is 3.58. The Morgan fingerprint density at radius 1 is 1.14 bits per heavy atom. The van der Waals surface area contributed by atoms with Crippen LogP contribution < -0.4 is 0 Å². The Labute approximate surface area is 167 Å². The lowest BCUT2D eigenvalue weighted by Crippen LogP contribution is -2.38. The highest BCUT2D eigenvalue weighted by Crippen LogP contribution is 2.44. The number of phenolic OH excluding ortho intramolecular Hbond substituents is 1. The first kappa shape index (κ1) is 18.7. The number of Topliss-reactive ketones (excluding diaryl/α,β-unsaturated/α-hetero) is 1. The molecule has 1 fully saturated rings. The number of hydrogen-bond donors (Lipinski definition) is 2. The monoisotopic (exact) mass is 398 g/mol. The van der Waals surface area contributed by atoms with Gasteiger partial charge >= 0.3 is 0 Å². The molecule has 1 aromatic carbocycles. The van der Waals surface area contributed by atoms with Crippen molar-refractivity contribution < 1.29 is 19.8 Å². The van der Waals surface area contributed by atoms with Crippen LogP contribution in [0.4, 0.5) is 0 Å². The third kappa shape index (κ3) is 2.99. The van der Waals surface area contributed by atoms with Crippen LogP contribution in [0.2, 0.25) is 0 Å². The van der Waals surface area contributed by atoms with Gasteiger partial charge in [-0.3, -0.25) is 9.59 Å². The van der Waals surface area contributed by atoms with E-state index >= 15 is 0 Å². The molecular weight excluding hydrogens is 376 g/mol. The molecule has 0 radical (unpaired) electrons. The molecule has 0 saturated heterocycles. The van der Waals surface area contributed by atoms with Gasteiger partial charge in [-0.2, -0.15) is 0 Å². The Kier molecular flexibility index (Phi) is 4.71. The summed E-state index contributed by atoms with van der Waals surface area (Å²) in [7, 11) is 0. The van der Waals surface area contributed by atoms with Gasteiger partial charge in [0.25, 0.3) is 5.91 Å². The van der Waals surface area contributed by atoms with Crippen LogP contribution in [-0.4, -0.2) is 37.8 Å². The summed E-state index contributed by atoms with van der Waals surface area (Å²) in [5.74, 6) is -1.21. The van der Waals surface area contributed by atoms with Gasteiger partial charge in [-0.05, 0) is 44.4 Å². The second-order valence-electron chi connectivity index (χ2n) is 7.38. The highest BCUT2D eigenvalue weighted by Gasteiger charge is 2.47. The molecule has 28 heavy (non-hydrogen) atoms. The number of amides is 1. The maximum absolute atomic E-state index is 13.4. The SMILES string of the molecule is Cc1nc(C)c(C(=O)C2=C(O)C(=O)N(C3CCCC3)C2c2ccc(O)cc2)s1. The number of benzene rings is 1. The van der Waals surface area contributed by atoms with E-state index in [1.807, 2.05) is 6.92 Å². The topological polar surface area (TPSA) is 90.7 Å². The van der Waals surface area contributed by atoms with Crippen molar-refractivity contribution in [3.8, 4) is 5.75 Å². The Bertz CT molecular complexity index is 971. The summed E-state index contributed by atoms with van der Waals surface area (Å²) in [5, 5.41) is 21.1. The zero-order valence-corrected chi connectivity index (χ0v) is 16.6. The van der Waals surface area contributed by atoms with E-state index in [2.05, 4.69) is 4.98 Å². The van der Waals surface area contributed by atoms with Gasteiger partial charge in [-0.15, -0.1) is 11.3 Å². The van der Waals surface area contributed by atoms with E-state index in [1.165, 1.54) is 23.5 Å². The van der Waals surface area contributed by atoms with Crippen LogP contribution >= 0.6 is 11.3 Å². The predicted molar refractivity (Wildman–Crippen MR) is 106 cm³/mol. The van der Waals surface area contributed by atoms with Gasteiger partial charge in [0.05, 0.1) is 27.2 Å². The first-order valence-electron chi connectivity index (χ1n) is 9.42. The quantitative estimate of drug-likeness (QED) is 0.760. The normalized spacial score (nSPS) is 20.4. The summed E-state index contributed by atoms with van der Waals surface area (Å²) >= 11 is 1.27. The molecular formula is C21H22N2O4S. The predicted octanol–water partition coefficient (Wildman–Crippen LogP) is 3.99. The number of aliphatic hydroxyl groups excluding tert-OH is 1. The summed E-state index contributed by atoms with van der Waals surface area (Å²) in [6.07, 6.45) is 3.75. The molecule has 1 aliphatic carbocycles. The van der Waals surface area contributed by atoms with Crippen molar-refractivity contribution in [2.45, 2.75) is 51.6 Å². The average Bonchev–Trinajstić information content (AvgIpc) is 3.35. The molecule has 1 amide bonds. The number of phenols is 1. The number of aliphatic hydroxyl groups is 1. The third-order valence-corrected chi connectivity index (χ3v) is 6.60. The van der Waals surface area contributed by atoms with Crippen molar-refractivity contribution in [2.24, 2.45) is 0 Å². The number of hydrogen-bond acceptors (Lipinski definition) is 6. The summed E-state index contributed by atoms with van der Waals surface area (Å²) in [5.41, 5.74) is 1.41. The minimum atomic E-state index is -0.662. The molecule has 146 valence electrons. The fraction of sp³-hybridized carbons (Fsp3) is 0.381. The first-order valence-corrected chi connectivity index (χ1v) is 10.2. The van der Waals surface area contributed by atoms with Crippen molar-refractivity contribution in [3.05, 3.63) is 56.7 Å². The minimum absolute atomic E-state index is 0.0111. The molecule has 0 bridgehead atoms. The van der Waals surface area contributed by atoms with Crippen molar-refractivity contribution in [1.82, 2.24) is 9.88 Å². The van der Waals surface area contributed by atoms with E-state index in [9.17, 15) is 19.8 Å². The molecule has 2 heterocycles. The van der Waals surface area contributed by atoms with Crippen LogP contribution in [0.25, 0.3) is 0 Å². The fourth-order valence-corrected chi connectivity index (χ4v) is 5.14. The molecule has 1 aliphatic heterocycles. The molecule has 6 nitrogen and oxygen atoms in total. The standard InChI is InChI=1S/C21H22N2O4S/c1-11-20(28-12(2)22-11)18(25)16-17(13-7-9-15(24)10-8-13)23(21(27)19(16)26)14-5-3-4-6-14/h7-10,14,17,24,26H,3-6H2,1-2H3. The minimum Gasteiger partial charge on any atom is -0.508 e. The van der Waals surface area contributed by atoms with Crippen molar-refractivity contribution in [2.75, 3.05) is 0 Å². The zero-order chi connectivity index (χ0) is 20.0. The largest absolute Gasteiger partial charge is 0.508 e. The molecule has 1 atom stereocenters. The summed E-state index contributed by atoms with van der Waals surface area (Å²) < 4.78 is 0. The number of aromatic nitrogens is 1. The fourth-order valence-electron chi connectivity index (χ4n) is 4.26. The number of nitrogens with zero attached hydrogens (tertiary/aromatic N) is 2.